The first-order chi connectivity index (χ1) is 14.4. The molecule has 6 nitrogen and oxygen atoms in total. The number of imidazole rings is 1. The van der Waals surface area contributed by atoms with Crippen LogP contribution in [-0.2, 0) is 24.3 Å². The lowest BCUT2D eigenvalue weighted by Gasteiger charge is -2.12. The highest BCUT2D eigenvalue weighted by molar-refractivity contribution is 5.79. The van der Waals surface area contributed by atoms with Crippen molar-refractivity contribution in [3.8, 4) is 0 Å². The van der Waals surface area contributed by atoms with Gasteiger partial charge in [-0.05, 0) is 23.3 Å². The van der Waals surface area contributed by atoms with Crippen LogP contribution in [0.25, 0.3) is 11.0 Å². The molecule has 2 aromatic carbocycles. The van der Waals surface area contributed by atoms with Crippen molar-refractivity contribution in [2.24, 2.45) is 4.99 Å². The number of alkyl halides is 3. The standard InChI is InChI=1S/C21H24F3N5O/c1-25-20(26-11-10-19-28-17-4-2-3-5-18(17)29-19)27-12-15-6-8-16(9-7-15)13-30-14-21(22,23)24/h2-9H,10-14H2,1H3,(H,28,29)(H2,25,26,27). The number of halogens is 3. The number of aromatic amines is 1. The number of aromatic nitrogens is 2. The summed E-state index contributed by atoms with van der Waals surface area (Å²) in [5, 5.41) is 6.45. The van der Waals surface area contributed by atoms with E-state index in [0.717, 1.165) is 28.8 Å². The second kappa shape index (κ2) is 10.1. The number of fused-ring (bicyclic) bond motifs is 1. The van der Waals surface area contributed by atoms with Crippen molar-refractivity contribution in [3.63, 3.8) is 0 Å². The molecule has 1 heterocycles. The van der Waals surface area contributed by atoms with Crippen LogP contribution in [0.5, 0.6) is 0 Å². The Morgan fingerprint density at radius 3 is 2.50 bits per heavy atom. The maximum absolute atomic E-state index is 12.1. The molecule has 0 unspecified atom stereocenters. The average Bonchev–Trinajstić information content (AvgIpc) is 3.13. The minimum Gasteiger partial charge on any atom is -0.367 e. The van der Waals surface area contributed by atoms with Crippen molar-refractivity contribution in [1.82, 2.24) is 20.6 Å². The molecule has 3 rings (SSSR count). The molecule has 0 fully saturated rings. The summed E-state index contributed by atoms with van der Waals surface area (Å²) in [7, 11) is 1.69. The molecular weight excluding hydrogens is 395 g/mol. The van der Waals surface area contributed by atoms with Gasteiger partial charge >= 0.3 is 6.18 Å². The van der Waals surface area contributed by atoms with Crippen molar-refractivity contribution in [2.45, 2.75) is 25.7 Å². The highest BCUT2D eigenvalue weighted by Gasteiger charge is 2.27. The largest absolute Gasteiger partial charge is 0.411 e. The Morgan fingerprint density at radius 1 is 1.07 bits per heavy atom. The summed E-state index contributed by atoms with van der Waals surface area (Å²) in [5.74, 6) is 1.56. The van der Waals surface area contributed by atoms with Crippen molar-refractivity contribution in [3.05, 3.63) is 65.5 Å². The van der Waals surface area contributed by atoms with E-state index in [1.807, 2.05) is 36.4 Å². The molecule has 160 valence electrons. The van der Waals surface area contributed by atoms with Gasteiger partial charge in [-0.15, -0.1) is 0 Å². The zero-order chi connectivity index (χ0) is 21.4. The molecule has 3 aromatic rings. The topological polar surface area (TPSA) is 74.3 Å². The molecule has 0 aliphatic carbocycles. The number of H-pyrrole nitrogens is 1. The fraction of sp³-hybridized carbons (Fsp3) is 0.333. The van der Waals surface area contributed by atoms with Crippen LogP contribution in [0.15, 0.2) is 53.5 Å². The van der Waals surface area contributed by atoms with Gasteiger partial charge < -0.3 is 20.4 Å². The molecule has 0 amide bonds. The van der Waals surface area contributed by atoms with Gasteiger partial charge in [-0.25, -0.2) is 4.98 Å². The first-order valence-corrected chi connectivity index (χ1v) is 9.53. The number of benzene rings is 2. The van der Waals surface area contributed by atoms with Gasteiger partial charge in [0, 0.05) is 26.6 Å². The molecule has 0 aliphatic heterocycles. The summed E-state index contributed by atoms with van der Waals surface area (Å²) in [5.41, 5.74) is 3.63. The number of hydrogen-bond acceptors (Lipinski definition) is 3. The normalized spacial score (nSPS) is 12.3. The number of guanidine groups is 1. The molecule has 0 radical (unpaired) electrons. The average molecular weight is 419 g/mol. The molecule has 0 aliphatic rings. The first-order valence-electron chi connectivity index (χ1n) is 9.53. The Morgan fingerprint density at radius 2 is 1.80 bits per heavy atom. The van der Waals surface area contributed by atoms with Gasteiger partial charge in [0.2, 0.25) is 0 Å². The Labute approximate surface area is 172 Å². The summed E-state index contributed by atoms with van der Waals surface area (Å²) in [6.45, 7) is -0.118. The van der Waals surface area contributed by atoms with Crippen LogP contribution in [0.4, 0.5) is 13.2 Å². The first kappa shape index (κ1) is 21.6. The lowest BCUT2D eigenvalue weighted by molar-refractivity contribution is -0.176. The molecule has 0 spiro atoms. The molecule has 3 N–H and O–H groups in total. The lowest BCUT2D eigenvalue weighted by Crippen LogP contribution is -2.37. The zero-order valence-corrected chi connectivity index (χ0v) is 16.6. The number of hydrogen-bond donors (Lipinski definition) is 3. The number of para-hydroxylation sites is 2. The smallest absolute Gasteiger partial charge is 0.367 e. The minimum absolute atomic E-state index is 0.0712. The van der Waals surface area contributed by atoms with Gasteiger partial charge in [0.15, 0.2) is 5.96 Å². The van der Waals surface area contributed by atoms with Crippen molar-refractivity contribution in [1.29, 1.82) is 0 Å². The Balaban J connectivity index is 1.40. The van der Waals surface area contributed by atoms with Gasteiger partial charge in [0.1, 0.15) is 12.4 Å². The Kier molecular flexibility index (Phi) is 7.29. The van der Waals surface area contributed by atoms with Crippen LogP contribution >= 0.6 is 0 Å². The molecule has 30 heavy (non-hydrogen) atoms. The number of nitrogens with zero attached hydrogens (tertiary/aromatic N) is 2. The number of ether oxygens (including phenoxy) is 1. The van der Waals surface area contributed by atoms with Crippen LogP contribution < -0.4 is 10.6 Å². The molecule has 0 saturated heterocycles. The van der Waals surface area contributed by atoms with E-state index in [-0.39, 0.29) is 6.61 Å². The van der Waals surface area contributed by atoms with E-state index in [1.54, 1.807) is 19.2 Å². The van der Waals surface area contributed by atoms with E-state index in [0.29, 0.717) is 24.6 Å². The molecule has 0 atom stereocenters. The number of rotatable bonds is 8. The molecule has 0 bridgehead atoms. The summed E-state index contributed by atoms with van der Waals surface area (Å²) >= 11 is 0. The SMILES string of the molecule is CN=C(NCCc1nc2ccccc2[nH]1)NCc1ccc(COCC(F)(F)F)cc1. The second-order valence-corrected chi connectivity index (χ2v) is 6.73. The fourth-order valence-electron chi connectivity index (χ4n) is 2.87. The van der Waals surface area contributed by atoms with Crippen molar-refractivity contribution >= 4 is 17.0 Å². The third-order valence-corrected chi connectivity index (χ3v) is 4.33. The lowest BCUT2D eigenvalue weighted by atomic mass is 10.1. The van der Waals surface area contributed by atoms with Gasteiger partial charge in [-0.1, -0.05) is 36.4 Å². The second-order valence-electron chi connectivity index (χ2n) is 6.73. The highest BCUT2D eigenvalue weighted by atomic mass is 19.4. The van der Waals surface area contributed by atoms with Gasteiger partial charge in [-0.3, -0.25) is 4.99 Å². The number of aliphatic imine (C=N–C) groups is 1. The zero-order valence-electron chi connectivity index (χ0n) is 16.6. The van der Waals surface area contributed by atoms with E-state index in [1.165, 1.54) is 0 Å². The Hall–Kier alpha value is -3.07. The third-order valence-electron chi connectivity index (χ3n) is 4.33. The van der Waals surface area contributed by atoms with E-state index < -0.39 is 12.8 Å². The van der Waals surface area contributed by atoms with Crippen LogP contribution in [0.3, 0.4) is 0 Å². The highest BCUT2D eigenvalue weighted by Crippen LogP contribution is 2.16. The summed E-state index contributed by atoms with van der Waals surface area (Å²) in [6.07, 6.45) is -3.58. The van der Waals surface area contributed by atoms with Gasteiger partial charge in [0.25, 0.3) is 0 Å². The maximum Gasteiger partial charge on any atom is 0.411 e. The Bertz CT molecular complexity index is 934. The number of nitrogens with one attached hydrogen (secondary N) is 3. The maximum atomic E-state index is 12.1. The molecular formula is C21H24F3N5O. The third kappa shape index (κ3) is 6.77. The predicted molar refractivity (Wildman–Crippen MR) is 110 cm³/mol. The molecule has 9 heteroatoms. The summed E-state index contributed by atoms with van der Waals surface area (Å²) in [6, 6.07) is 15.1. The van der Waals surface area contributed by atoms with Gasteiger partial charge in [0.05, 0.1) is 17.6 Å². The summed E-state index contributed by atoms with van der Waals surface area (Å²) < 4.78 is 41.0. The van der Waals surface area contributed by atoms with Crippen LogP contribution in [-0.4, -0.2) is 42.3 Å². The quantitative estimate of drug-likeness (QED) is 0.386. The monoisotopic (exact) mass is 419 g/mol. The van der Waals surface area contributed by atoms with Crippen LogP contribution in [0.1, 0.15) is 17.0 Å². The van der Waals surface area contributed by atoms with Crippen LogP contribution in [0.2, 0.25) is 0 Å². The minimum atomic E-state index is -4.31. The van der Waals surface area contributed by atoms with Crippen molar-refractivity contribution < 1.29 is 17.9 Å². The fourth-order valence-corrected chi connectivity index (χ4v) is 2.87. The van der Waals surface area contributed by atoms with E-state index in [9.17, 15) is 13.2 Å². The molecule has 1 aromatic heterocycles. The predicted octanol–water partition coefficient (Wildman–Crippen LogP) is 3.55. The summed E-state index contributed by atoms with van der Waals surface area (Å²) in [4.78, 5) is 12.0. The van der Waals surface area contributed by atoms with E-state index in [2.05, 4.69) is 30.3 Å². The van der Waals surface area contributed by atoms with Crippen LogP contribution in [0, 0.1) is 0 Å². The molecule has 0 saturated carbocycles. The van der Waals surface area contributed by atoms with E-state index >= 15 is 0 Å². The van der Waals surface area contributed by atoms with Crippen molar-refractivity contribution in [2.75, 3.05) is 20.2 Å². The van der Waals surface area contributed by atoms with E-state index in [4.69, 9.17) is 0 Å². The van der Waals surface area contributed by atoms with Gasteiger partial charge in [-0.2, -0.15) is 13.2 Å².